The van der Waals surface area contributed by atoms with Gasteiger partial charge in [-0.15, -0.1) is 0 Å². The number of carbonyl (C=O) groups excluding carboxylic acids is 5. The normalized spacial score (nSPS) is 23.0. The molecular formula is C33H47N7O7. The highest BCUT2D eigenvalue weighted by Crippen LogP contribution is 2.13. The number of carbonyl (C=O) groups is 5. The zero-order valence-electron chi connectivity index (χ0n) is 26.5. The van der Waals surface area contributed by atoms with Crippen molar-refractivity contribution in [1.29, 1.82) is 0 Å². The van der Waals surface area contributed by atoms with E-state index in [0.717, 1.165) is 5.56 Å². The van der Waals surface area contributed by atoms with Gasteiger partial charge in [0.1, 0.15) is 36.0 Å². The van der Waals surface area contributed by atoms with Crippen LogP contribution in [0.3, 0.4) is 0 Å². The van der Waals surface area contributed by atoms with Crippen molar-refractivity contribution in [2.75, 3.05) is 19.7 Å². The number of nitrogens with one attached hydrogen (secondary N) is 5. The highest BCUT2D eigenvalue weighted by atomic mass is 16.3. The van der Waals surface area contributed by atoms with Gasteiger partial charge in [-0.1, -0.05) is 42.5 Å². The van der Waals surface area contributed by atoms with Crippen molar-refractivity contribution < 1.29 is 34.2 Å². The van der Waals surface area contributed by atoms with E-state index in [1.54, 1.807) is 36.4 Å². The van der Waals surface area contributed by atoms with E-state index < -0.39 is 66.4 Å². The largest absolute Gasteiger partial charge is 0.508 e. The number of aromatic hydroxyl groups is 1. The minimum atomic E-state index is -1.45. The fraction of sp³-hybridized carbons (Fsp3) is 0.485. The van der Waals surface area contributed by atoms with Crippen molar-refractivity contribution >= 4 is 29.5 Å². The third kappa shape index (κ3) is 12.0. The molecule has 5 atom stereocenters. The molecule has 47 heavy (non-hydrogen) atoms. The number of aliphatic hydroxyl groups is 1. The van der Waals surface area contributed by atoms with Gasteiger partial charge in [0.25, 0.3) is 0 Å². The number of hydrogen-bond acceptors (Lipinski definition) is 9. The van der Waals surface area contributed by atoms with Gasteiger partial charge in [-0.05, 0) is 74.9 Å². The number of hydrogen-bond donors (Lipinski definition) is 9. The first kappa shape index (κ1) is 36.9. The van der Waals surface area contributed by atoms with Gasteiger partial charge in [0.15, 0.2) is 0 Å². The van der Waals surface area contributed by atoms with Crippen LogP contribution in [-0.4, -0.2) is 89.7 Å². The molecule has 1 fully saturated rings. The smallest absolute Gasteiger partial charge is 0.245 e. The average molecular weight is 654 g/mol. The summed E-state index contributed by atoms with van der Waals surface area (Å²) in [5.74, 6) is -3.49. The predicted molar refractivity (Wildman–Crippen MR) is 175 cm³/mol. The Balaban J connectivity index is 2.03. The third-order valence-electron chi connectivity index (χ3n) is 7.90. The number of phenols is 1. The van der Waals surface area contributed by atoms with Gasteiger partial charge in [-0.25, -0.2) is 0 Å². The first-order valence-electron chi connectivity index (χ1n) is 16.0. The van der Waals surface area contributed by atoms with E-state index in [-0.39, 0.29) is 31.4 Å². The van der Waals surface area contributed by atoms with Crippen LogP contribution < -0.4 is 38.1 Å². The summed E-state index contributed by atoms with van der Waals surface area (Å²) in [5, 5.41) is 33.1. The van der Waals surface area contributed by atoms with E-state index in [1.807, 2.05) is 6.07 Å². The van der Waals surface area contributed by atoms with Gasteiger partial charge < -0.3 is 48.3 Å². The van der Waals surface area contributed by atoms with Crippen molar-refractivity contribution in [3.8, 4) is 5.75 Å². The summed E-state index contributed by atoms with van der Waals surface area (Å²) < 4.78 is 0. The quantitative estimate of drug-likeness (QED) is 0.119. The lowest BCUT2D eigenvalue weighted by Gasteiger charge is -2.26. The van der Waals surface area contributed by atoms with Crippen molar-refractivity contribution in [2.24, 2.45) is 11.5 Å². The number of aliphatic hydroxyl groups excluding tert-OH is 1. The lowest BCUT2D eigenvalue weighted by molar-refractivity contribution is -0.134. The second-order valence-corrected chi connectivity index (χ2v) is 11.6. The molecule has 14 heteroatoms. The summed E-state index contributed by atoms with van der Waals surface area (Å²) in [7, 11) is 0. The van der Waals surface area contributed by atoms with Gasteiger partial charge >= 0.3 is 0 Å². The zero-order chi connectivity index (χ0) is 34.2. The van der Waals surface area contributed by atoms with E-state index in [4.69, 9.17) is 11.5 Å². The molecule has 1 aliphatic heterocycles. The van der Waals surface area contributed by atoms with Gasteiger partial charge in [-0.3, -0.25) is 24.0 Å². The number of phenolic OH excluding ortho intramolecular Hbond substituents is 1. The first-order valence-corrected chi connectivity index (χ1v) is 16.0. The zero-order valence-corrected chi connectivity index (χ0v) is 26.5. The molecule has 14 nitrogen and oxygen atoms in total. The highest BCUT2D eigenvalue weighted by molar-refractivity contribution is 5.98. The Morgan fingerprint density at radius 1 is 0.511 bits per heavy atom. The van der Waals surface area contributed by atoms with Crippen LogP contribution in [0.5, 0.6) is 5.75 Å². The Kier molecular flexibility index (Phi) is 15.1. The average Bonchev–Trinajstić information content (AvgIpc) is 3.06. The van der Waals surface area contributed by atoms with Crippen LogP contribution in [-0.2, 0) is 36.8 Å². The summed E-state index contributed by atoms with van der Waals surface area (Å²) in [4.78, 5) is 68.1. The monoisotopic (exact) mass is 653 g/mol. The van der Waals surface area contributed by atoms with Gasteiger partial charge in [0.2, 0.25) is 29.5 Å². The Morgan fingerprint density at radius 3 is 1.34 bits per heavy atom. The molecule has 1 saturated heterocycles. The number of rotatable bonds is 13. The lowest BCUT2D eigenvalue weighted by atomic mass is 10.0. The molecule has 5 amide bonds. The van der Waals surface area contributed by atoms with Crippen LogP contribution in [0.25, 0.3) is 0 Å². The Morgan fingerprint density at radius 2 is 0.894 bits per heavy atom. The number of unbranched alkanes of at least 4 members (excludes halogenated alkanes) is 2. The van der Waals surface area contributed by atoms with Crippen molar-refractivity contribution in [2.45, 2.75) is 81.6 Å². The van der Waals surface area contributed by atoms with Crippen LogP contribution in [0.1, 0.15) is 49.7 Å². The molecule has 0 bridgehead atoms. The van der Waals surface area contributed by atoms with E-state index in [2.05, 4.69) is 26.6 Å². The molecule has 1 heterocycles. The SMILES string of the molecule is NCCCC[C@@H]1NC(=O)[C@H](CCCCN)NC(=O)[C@H](Cc2ccccc2)NC(=O)[C@H](Cc2ccc(O)cc2)NC(=O)[C@H](CO)NC1=O. The molecule has 3 rings (SSSR count). The summed E-state index contributed by atoms with van der Waals surface area (Å²) in [6, 6.07) is 9.05. The molecule has 256 valence electrons. The summed E-state index contributed by atoms with van der Waals surface area (Å²) >= 11 is 0. The van der Waals surface area contributed by atoms with E-state index in [9.17, 15) is 34.2 Å². The minimum absolute atomic E-state index is 0.0113. The molecule has 2 aromatic carbocycles. The molecule has 0 aromatic heterocycles. The maximum atomic E-state index is 13.8. The second kappa shape index (κ2) is 19.2. The summed E-state index contributed by atoms with van der Waals surface area (Å²) in [6.45, 7) is -0.0357. The molecule has 2 aromatic rings. The van der Waals surface area contributed by atoms with Crippen LogP contribution in [0.2, 0.25) is 0 Å². The molecule has 1 aliphatic rings. The van der Waals surface area contributed by atoms with Crippen LogP contribution in [0.4, 0.5) is 0 Å². The number of amides is 5. The number of nitrogens with two attached hydrogens (primary N) is 2. The lowest BCUT2D eigenvalue weighted by Crippen LogP contribution is -2.59. The van der Waals surface area contributed by atoms with Crippen molar-refractivity contribution in [3.63, 3.8) is 0 Å². The fourth-order valence-electron chi connectivity index (χ4n) is 5.21. The van der Waals surface area contributed by atoms with E-state index in [0.29, 0.717) is 44.3 Å². The third-order valence-corrected chi connectivity index (χ3v) is 7.90. The fourth-order valence-corrected chi connectivity index (χ4v) is 5.21. The molecular weight excluding hydrogens is 606 g/mol. The van der Waals surface area contributed by atoms with Gasteiger partial charge in [0, 0.05) is 12.8 Å². The molecule has 0 radical (unpaired) electrons. The highest BCUT2D eigenvalue weighted by Gasteiger charge is 2.34. The van der Waals surface area contributed by atoms with E-state index >= 15 is 0 Å². The Labute approximate surface area is 274 Å². The van der Waals surface area contributed by atoms with E-state index in [1.165, 1.54) is 12.1 Å². The number of benzene rings is 2. The summed E-state index contributed by atoms with van der Waals surface area (Å²) in [5.41, 5.74) is 12.6. The van der Waals surface area contributed by atoms with Crippen LogP contribution in [0.15, 0.2) is 54.6 Å². The molecule has 11 N–H and O–H groups in total. The maximum absolute atomic E-state index is 13.8. The molecule has 0 spiro atoms. The first-order chi connectivity index (χ1) is 22.6. The van der Waals surface area contributed by atoms with Gasteiger partial charge in [0.05, 0.1) is 6.61 Å². The molecule has 0 saturated carbocycles. The predicted octanol–water partition coefficient (Wildman–Crippen LogP) is -1.13. The van der Waals surface area contributed by atoms with Crippen molar-refractivity contribution in [3.05, 3.63) is 65.7 Å². The van der Waals surface area contributed by atoms with Crippen molar-refractivity contribution in [1.82, 2.24) is 26.6 Å². The van der Waals surface area contributed by atoms with Gasteiger partial charge in [-0.2, -0.15) is 0 Å². The minimum Gasteiger partial charge on any atom is -0.508 e. The molecule has 0 unspecified atom stereocenters. The van der Waals surface area contributed by atoms with Crippen LogP contribution >= 0.6 is 0 Å². The summed E-state index contributed by atoms with van der Waals surface area (Å²) in [6.07, 6.45) is 2.63. The second-order valence-electron chi connectivity index (χ2n) is 11.6. The topological polar surface area (TPSA) is 238 Å². The Bertz CT molecular complexity index is 1330. The molecule has 0 aliphatic carbocycles. The Hall–Kier alpha value is -4.53. The maximum Gasteiger partial charge on any atom is 0.245 e. The standard InChI is InChI=1S/C33H47N7O7/c34-16-6-4-10-24-29(43)36-25(11-5-7-17-35)30(44)40-28(20-41)33(47)39-27(19-22-12-14-23(42)15-13-22)32(46)38-26(31(45)37-24)18-21-8-2-1-3-9-21/h1-3,8-9,12-15,24-28,41-42H,4-7,10-11,16-20,34-35H2,(H,36,43)(H,37,45)(H,38,46)(H,39,47)(H,40,44)/t24-,25-,26-,27-,28-/m0/s1. The van der Waals surface area contributed by atoms with Crippen LogP contribution in [0, 0.1) is 0 Å².